The predicted molar refractivity (Wildman–Crippen MR) is 55.4 cm³/mol. The molecule has 0 aromatic heterocycles. The number of hydrogen-bond donors (Lipinski definition) is 1. The minimum absolute atomic E-state index is 0.0646. The number of rotatable bonds is 3. The van der Waals surface area contributed by atoms with Gasteiger partial charge in [0.1, 0.15) is 11.9 Å². The molecule has 0 unspecified atom stereocenters. The molecule has 0 aliphatic heterocycles. The number of benzene rings is 1. The quantitative estimate of drug-likeness (QED) is 0.822. The number of nitrogens with zero attached hydrogens (tertiary/aromatic N) is 1. The van der Waals surface area contributed by atoms with Gasteiger partial charge in [-0.2, -0.15) is 5.26 Å². The van der Waals surface area contributed by atoms with Gasteiger partial charge in [-0.05, 0) is 30.0 Å². The van der Waals surface area contributed by atoms with Crippen molar-refractivity contribution in [1.82, 2.24) is 0 Å². The summed E-state index contributed by atoms with van der Waals surface area (Å²) in [4.78, 5) is 0. The van der Waals surface area contributed by atoms with Crippen LogP contribution in [0.3, 0.4) is 0 Å². The van der Waals surface area contributed by atoms with Gasteiger partial charge in [0.05, 0.1) is 5.56 Å². The Morgan fingerprint density at radius 3 is 2.87 bits per heavy atom. The van der Waals surface area contributed by atoms with Crippen LogP contribution in [0.1, 0.15) is 36.4 Å². The summed E-state index contributed by atoms with van der Waals surface area (Å²) >= 11 is 0. The van der Waals surface area contributed by atoms with Crippen LogP contribution in [-0.2, 0) is 0 Å². The molecule has 2 rings (SSSR count). The van der Waals surface area contributed by atoms with E-state index in [2.05, 4.69) is 0 Å². The van der Waals surface area contributed by atoms with Crippen molar-refractivity contribution in [2.45, 2.75) is 25.3 Å². The maximum Gasteiger partial charge on any atom is 0.140 e. The van der Waals surface area contributed by atoms with Gasteiger partial charge in [0, 0.05) is 6.04 Å². The molecule has 1 aromatic rings. The number of halogens is 1. The Labute approximate surface area is 88.5 Å². The predicted octanol–water partition coefficient (Wildman–Crippen LogP) is 2.50. The van der Waals surface area contributed by atoms with Crippen LogP contribution in [0.25, 0.3) is 0 Å². The van der Waals surface area contributed by atoms with Crippen LogP contribution in [-0.4, -0.2) is 0 Å². The van der Waals surface area contributed by atoms with Crippen molar-refractivity contribution >= 4 is 0 Å². The van der Waals surface area contributed by atoms with Gasteiger partial charge >= 0.3 is 0 Å². The van der Waals surface area contributed by atoms with E-state index in [9.17, 15) is 4.39 Å². The van der Waals surface area contributed by atoms with Gasteiger partial charge in [0.25, 0.3) is 0 Å². The van der Waals surface area contributed by atoms with Crippen molar-refractivity contribution in [3.8, 4) is 6.07 Å². The Kier molecular flexibility index (Phi) is 2.70. The molecule has 0 heterocycles. The van der Waals surface area contributed by atoms with Gasteiger partial charge in [-0.25, -0.2) is 4.39 Å². The molecule has 2 nitrogen and oxygen atoms in total. The van der Waals surface area contributed by atoms with E-state index in [0.717, 1.165) is 17.9 Å². The van der Waals surface area contributed by atoms with Crippen molar-refractivity contribution in [3.05, 3.63) is 35.1 Å². The van der Waals surface area contributed by atoms with Crippen molar-refractivity contribution in [2.75, 3.05) is 0 Å². The molecule has 78 valence electrons. The topological polar surface area (TPSA) is 49.8 Å². The SMILES string of the molecule is N#Cc1cc([C@@H](N)CC2CC2)ccc1F. The second-order valence-electron chi connectivity index (χ2n) is 4.14. The van der Waals surface area contributed by atoms with Crippen LogP contribution in [0.15, 0.2) is 18.2 Å². The van der Waals surface area contributed by atoms with Crippen LogP contribution < -0.4 is 5.73 Å². The second kappa shape index (κ2) is 4.00. The molecular formula is C12H13FN2. The Morgan fingerprint density at radius 2 is 2.27 bits per heavy atom. The first-order valence-electron chi connectivity index (χ1n) is 5.16. The van der Waals surface area contributed by atoms with E-state index in [-0.39, 0.29) is 11.6 Å². The normalized spacial score (nSPS) is 17.1. The van der Waals surface area contributed by atoms with Crippen LogP contribution in [0.4, 0.5) is 4.39 Å². The monoisotopic (exact) mass is 204 g/mol. The summed E-state index contributed by atoms with van der Waals surface area (Å²) in [5, 5.41) is 8.69. The van der Waals surface area contributed by atoms with Gasteiger partial charge in [0.15, 0.2) is 0 Å². The molecule has 0 saturated heterocycles. The van der Waals surface area contributed by atoms with E-state index in [4.69, 9.17) is 11.0 Å². The fraction of sp³-hybridized carbons (Fsp3) is 0.417. The molecular weight excluding hydrogens is 191 g/mol. The van der Waals surface area contributed by atoms with Crippen molar-refractivity contribution < 1.29 is 4.39 Å². The largest absolute Gasteiger partial charge is 0.324 e. The van der Waals surface area contributed by atoms with E-state index in [1.807, 2.05) is 6.07 Å². The van der Waals surface area contributed by atoms with Gasteiger partial charge < -0.3 is 5.73 Å². The van der Waals surface area contributed by atoms with Crippen LogP contribution >= 0.6 is 0 Å². The third kappa shape index (κ3) is 2.34. The molecule has 0 spiro atoms. The van der Waals surface area contributed by atoms with E-state index in [0.29, 0.717) is 0 Å². The zero-order valence-electron chi connectivity index (χ0n) is 8.41. The highest BCUT2D eigenvalue weighted by molar-refractivity contribution is 5.35. The van der Waals surface area contributed by atoms with Crippen molar-refractivity contribution in [2.24, 2.45) is 11.7 Å². The highest BCUT2D eigenvalue weighted by Crippen LogP contribution is 2.36. The average Bonchev–Trinajstić information content (AvgIpc) is 3.02. The molecule has 0 radical (unpaired) electrons. The molecule has 1 aromatic carbocycles. The molecule has 1 fully saturated rings. The lowest BCUT2D eigenvalue weighted by molar-refractivity contribution is 0.590. The lowest BCUT2D eigenvalue weighted by Gasteiger charge is -2.11. The zero-order valence-corrected chi connectivity index (χ0v) is 8.41. The Morgan fingerprint density at radius 1 is 1.53 bits per heavy atom. The molecule has 1 aliphatic rings. The molecule has 1 atom stereocenters. The van der Waals surface area contributed by atoms with E-state index in [1.54, 1.807) is 12.1 Å². The highest BCUT2D eigenvalue weighted by atomic mass is 19.1. The molecule has 3 heteroatoms. The van der Waals surface area contributed by atoms with Gasteiger partial charge in [-0.3, -0.25) is 0 Å². The zero-order chi connectivity index (χ0) is 10.8. The maximum atomic E-state index is 13.0. The molecule has 0 amide bonds. The number of nitrogens with two attached hydrogens (primary N) is 1. The molecule has 1 saturated carbocycles. The Balaban J connectivity index is 2.16. The fourth-order valence-electron chi connectivity index (χ4n) is 1.71. The standard InChI is InChI=1S/C12H13FN2/c13-11-4-3-9(6-10(11)7-14)12(15)5-8-1-2-8/h3-4,6,8,12H,1-2,5,15H2/t12-/m0/s1. The summed E-state index contributed by atoms with van der Waals surface area (Å²) in [7, 11) is 0. The first kappa shape index (κ1) is 10.1. The summed E-state index contributed by atoms with van der Waals surface area (Å²) in [6.45, 7) is 0. The first-order chi connectivity index (χ1) is 7.20. The van der Waals surface area contributed by atoms with Gasteiger partial charge in [-0.15, -0.1) is 0 Å². The fourth-order valence-corrected chi connectivity index (χ4v) is 1.71. The van der Waals surface area contributed by atoms with E-state index >= 15 is 0 Å². The minimum atomic E-state index is -0.472. The smallest absolute Gasteiger partial charge is 0.140 e. The summed E-state index contributed by atoms with van der Waals surface area (Å²) < 4.78 is 13.0. The summed E-state index contributed by atoms with van der Waals surface area (Å²) in [5.74, 6) is 0.260. The van der Waals surface area contributed by atoms with Gasteiger partial charge in [0.2, 0.25) is 0 Å². The average molecular weight is 204 g/mol. The van der Waals surface area contributed by atoms with Crippen LogP contribution in [0.2, 0.25) is 0 Å². The molecule has 2 N–H and O–H groups in total. The molecule has 15 heavy (non-hydrogen) atoms. The third-order valence-electron chi connectivity index (χ3n) is 2.82. The summed E-state index contributed by atoms with van der Waals surface area (Å²) in [6, 6.07) is 6.31. The molecule has 0 bridgehead atoms. The lowest BCUT2D eigenvalue weighted by atomic mass is 10.00. The Bertz CT molecular complexity index is 405. The first-order valence-corrected chi connectivity index (χ1v) is 5.16. The number of hydrogen-bond acceptors (Lipinski definition) is 2. The summed E-state index contributed by atoms with van der Waals surface area (Å²) in [5.41, 5.74) is 6.92. The summed E-state index contributed by atoms with van der Waals surface area (Å²) in [6.07, 6.45) is 3.44. The Hall–Kier alpha value is -1.40. The molecule has 1 aliphatic carbocycles. The van der Waals surface area contributed by atoms with E-state index in [1.165, 1.54) is 18.9 Å². The van der Waals surface area contributed by atoms with E-state index < -0.39 is 5.82 Å². The maximum absolute atomic E-state index is 13.0. The second-order valence-corrected chi connectivity index (χ2v) is 4.14. The van der Waals surface area contributed by atoms with Crippen molar-refractivity contribution in [1.29, 1.82) is 5.26 Å². The minimum Gasteiger partial charge on any atom is -0.324 e. The highest BCUT2D eigenvalue weighted by Gasteiger charge is 2.24. The van der Waals surface area contributed by atoms with Gasteiger partial charge in [-0.1, -0.05) is 18.9 Å². The number of nitriles is 1. The van der Waals surface area contributed by atoms with Crippen LogP contribution in [0.5, 0.6) is 0 Å². The third-order valence-corrected chi connectivity index (χ3v) is 2.82. The van der Waals surface area contributed by atoms with Crippen LogP contribution in [0, 0.1) is 23.1 Å². The van der Waals surface area contributed by atoms with Crippen molar-refractivity contribution in [3.63, 3.8) is 0 Å². The lowest BCUT2D eigenvalue weighted by Crippen LogP contribution is -2.11.